The molecule has 114 valence electrons. The Morgan fingerprint density at radius 2 is 1.95 bits per heavy atom. The number of hydrogen-bond acceptors (Lipinski definition) is 3. The van der Waals surface area contributed by atoms with Crippen LogP contribution < -0.4 is 0 Å². The molecule has 1 unspecified atom stereocenters. The molecule has 0 amide bonds. The highest BCUT2D eigenvalue weighted by atomic mass is 16.5. The van der Waals surface area contributed by atoms with E-state index in [9.17, 15) is 0 Å². The largest absolute Gasteiger partial charge is 0.379 e. The van der Waals surface area contributed by atoms with Gasteiger partial charge >= 0.3 is 0 Å². The zero-order valence-electron chi connectivity index (χ0n) is 13.0. The van der Waals surface area contributed by atoms with Crippen molar-refractivity contribution in [2.75, 3.05) is 45.9 Å². The van der Waals surface area contributed by atoms with Crippen molar-refractivity contribution in [3.63, 3.8) is 0 Å². The second kappa shape index (κ2) is 7.21. The van der Waals surface area contributed by atoms with Crippen molar-refractivity contribution in [2.24, 2.45) is 0 Å². The lowest BCUT2D eigenvalue weighted by Gasteiger charge is -2.32. The van der Waals surface area contributed by atoms with Gasteiger partial charge in [-0.3, -0.25) is 9.80 Å². The summed E-state index contributed by atoms with van der Waals surface area (Å²) in [5.41, 5.74) is 2.75. The number of benzene rings is 1. The average molecular weight is 286 g/mol. The molecule has 2 saturated heterocycles. The molecule has 0 aliphatic carbocycles. The first-order chi connectivity index (χ1) is 10.3. The molecule has 1 aromatic carbocycles. The quantitative estimate of drug-likeness (QED) is 0.846. The molecule has 3 rings (SSSR count). The van der Waals surface area contributed by atoms with Gasteiger partial charge in [-0.15, -0.1) is 0 Å². The number of nitrogens with zero attached hydrogens (tertiary/aromatic N) is 2. The first-order valence-corrected chi connectivity index (χ1v) is 8.07. The molecule has 0 bridgehead atoms. The topological polar surface area (TPSA) is 15.7 Å². The first kappa shape index (κ1) is 14.8. The van der Waals surface area contributed by atoms with Crippen LogP contribution >= 0.6 is 0 Å². The Hall–Kier alpha value is -1.16. The minimum absolute atomic E-state index is 0.735. The Morgan fingerprint density at radius 3 is 2.71 bits per heavy atom. The van der Waals surface area contributed by atoms with Crippen LogP contribution in [0.3, 0.4) is 0 Å². The van der Waals surface area contributed by atoms with Gasteiger partial charge in [0.1, 0.15) is 0 Å². The Bertz CT molecular complexity index is 465. The molecule has 1 atom stereocenters. The SMILES string of the molecule is C/C(=C\c1ccccc1)CN1CCC(N2CCOCC2)C1. The monoisotopic (exact) mass is 286 g/mol. The predicted molar refractivity (Wildman–Crippen MR) is 87.3 cm³/mol. The number of hydrogen-bond donors (Lipinski definition) is 0. The molecular formula is C18H26N2O. The second-order valence-electron chi connectivity index (χ2n) is 6.23. The van der Waals surface area contributed by atoms with Crippen molar-refractivity contribution < 1.29 is 4.74 Å². The van der Waals surface area contributed by atoms with Crippen molar-refractivity contribution >= 4 is 6.08 Å². The van der Waals surface area contributed by atoms with Gasteiger partial charge in [0.15, 0.2) is 0 Å². The highest BCUT2D eigenvalue weighted by Gasteiger charge is 2.28. The second-order valence-corrected chi connectivity index (χ2v) is 6.23. The molecule has 21 heavy (non-hydrogen) atoms. The van der Waals surface area contributed by atoms with E-state index in [0.29, 0.717) is 0 Å². The molecule has 0 aromatic heterocycles. The van der Waals surface area contributed by atoms with E-state index in [0.717, 1.165) is 38.9 Å². The normalized spacial score (nSPS) is 25.4. The number of ether oxygens (including phenoxy) is 1. The molecule has 0 spiro atoms. The van der Waals surface area contributed by atoms with E-state index in [1.165, 1.54) is 30.6 Å². The smallest absolute Gasteiger partial charge is 0.0594 e. The molecule has 0 N–H and O–H groups in total. The van der Waals surface area contributed by atoms with Crippen LogP contribution in [0.15, 0.2) is 35.9 Å². The van der Waals surface area contributed by atoms with E-state index in [1.807, 2.05) is 0 Å². The van der Waals surface area contributed by atoms with Gasteiger partial charge in [-0.1, -0.05) is 42.0 Å². The zero-order chi connectivity index (χ0) is 14.5. The van der Waals surface area contributed by atoms with E-state index in [-0.39, 0.29) is 0 Å². The van der Waals surface area contributed by atoms with Gasteiger partial charge in [-0.25, -0.2) is 0 Å². The van der Waals surface area contributed by atoms with Gasteiger partial charge in [0.05, 0.1) is 13.2 Å². The van der Waals surface area contributed by atoms with Crippen molar-refractivity contribution in [2.45, 2.75) is 19.4 Å². The summed E-state index contributed by atoms with van der Waals surface area (Å²) in [5.74, 6) is 0. The van der Waals surface area contributed by atoms with E-state index in [2.05, 4.69) is 53.1 Å². The van der Waals surface area contributed by atoms with Crippen LogP contribution in [-0.4, -0.2) is 61.8 Å². The number of morpholine rings is 1. The third-order valence-corrected chi connectivity index (χ3v) is 4.50. The summed E-state index contributed by atoms with van der Waals surface area (Å²) in [5, 5.41) is 0. The lowest BCUT2D eigenvalue weighted by Crippen LogP contribution is -2.44. The van der Waals surface area contributed by atoms with Crippen LogP contribution in [0.1, 0.15) is 18.9 Å². The van der Waals surface area contributed by atoms with Gasteiger partial charge in [0.25, 0.3) is 0 Å². The van der Waals surface area contributed by atoms with E-state index < -0.39 is 0 Å². The summed E-state index contributed by atoms with van der Waals surface area (Å²) < 4.78 is 5.45. The highest BCUT2D eigenvalue weighted by molar-refractivity contribution is 5.52. The predicted octanol–water partition coefficient (Wildman–Crippen LogP) is 2.50. The molecular weight excluding hydrogens is 260 g/mol. The molecule has 2 aliphatic rings. The fourth-order valence-corrected chi connectivity index (χ4v) is 3.43. The zero-order valence-corrected chi connectivity index (χ0v) is 13.0. The highest BCUT2D eigenvalue weighted by Crippen LogP contribution is 2.18. The molecule has 3 nitrogen and oxygen atoms in total. The minimum Gasteiger partial charge on any atom is -0.379 e. The lowest BCUT2D eigenvalue weighted by molar-refractivity contribution is 0.0187. The van der Waals surface area contributed by atoms with Crippen LogP contribution in [0.5, 0.6) is 0 Å². The third kappa shape index (κ3) is 4.16. The molecule has 2 aliphatic heterocycles. The number of likely N-dealkylation sites (tertiary alicyclic amines) is 1. The van der Waals surface area contributed by atoms with Crippen molar-refractivity contribution in [3.8, 4) is 0 Å². The molecule has 0 saturated carbocycles. The maximum atomic E-state index is 5.45. The fraction of sp³-hybridized carbons (Fsp3) is 0.556. The fourth-order valence-electron chi connectivity index (χ4n) is 3.43. The molecule has 3 heteroatoms. The van der Waals surface area contributed by atoms with E-state index >= 15 is 0 Å². The van der Waals surface area contributed by atoms with Crippen LogP contribution in [0.4, 0.5) is 0 Å². The van der Waals surface area contributed by atoms with E-state index in [1.54, 1.807) is 0 Å². The molecule has 0 radical (unpaired) electrons. The summed E-state index contributed by atoms with van der Waals surface area (Å²) in [6.07, 6.45) is 3.61. The Morgan fingerprint density at radius 1 is 1.19 bits per heavy atom. The van der Waals surface area contributed by atoms with Crippen molar-refractivity contribution in [1.82, 2.24) is 9.80 Å². The molecule has 1 aromatic rings. The minimum atomic E-state index is 0.735. The van der Waals surface area contributed by atoms with Gasteiger partial charge in [-0.05, 0) is 18.9 Å². The average Bonchev–Trinajstić information content (AvgIpc) is 2.97. The van der Waals surface area contributed by atoms with Gasteiger partial charge in [0, 0.05) is 38.8 Å². The van der Waals surface area contributed by atoms with Crippen LogP contribution in [0, 0.1) is 0 Å². The first-order valence-electron chi connectivity index (χ1n) is 8.07. The summed E-state index contributed by atoms with van der Waals surface area (Å²) in [7, 11) is 0. The Labute approximate surface area is 128 Å². The summed E-state index contributed by atoms with van der Waals surface area (Å²) in [6.45, 7) is 9.80. The maximum Gasteiger partial charge on any atom is 0.0594 e. The van der Waals surface area contributed by atoms with Gasteiger partial charge < -0.3 is 4.74 Å². The van der Waals surface area contributed by atoms with Crippen LogP contribution in [-0.2, 0) is 4.74 Å². The summed E-state index contributed by atoms with van der Waals surface area (Å²) >= 11 is 0. The molecule has 2 heterocycles. The van der Waals surface area contributed by atoms with Gasteiger partial charge in [-0.2, -0.15) is 0 Å². The van der Waals surface area contributed by atoms with Gasteiger partial charge in [0.2, 0.25) is 0 Å². The standard InChI is InChI=1S/C18H26N2O/c1-16(13-17-5-3-2-4-6-17)14-19-8-7-18(15-19)20-9-11-21-12-10-20/h2-6,13,18H,7-12,14-15H2,1H3/b16-13+. The summed E-state index contributed by atoms with van der Waals surface area (Å²) in [6, 6.07) is 11.3. The molecule has 2 fully saturated rings. The van der Waals surface area contributed by atoms with Crippen LogP contribution in [0.2, 0.25) is 0 Å². The van der Waals surface area contributed by atoms with Crippen molar-refractivity contribution in [1.29, 1.82) is 0 Å². The van der Waals surface area contributed by atoms with Crippen molar-refractivity contribution in [3.05, 3.63) is 41.5 Å². The third-order valence-electron chi connectivity index (χ3n) is 4.50. The Balaban J connectivity index is 1.51. The van der Waals surface area contributed by atoms with Crippen LogP contribution in [0.25, 0.3) is 6.08 Å². The summed E-state index contributed by atoms with van der Waals surface area (Å²) in [4.78, 5) is 5.20. The number of rotatable bonds is 4. The Kier molecular flexibility index (Phi) is 5.07. The lowest BCUT2D eigenvalue weighted by atomic mass is 10.1. The maximum absolute atomic E-state index is 5.45. The van der Waals surface area contributed by atoms with E-state index in [4.69, 9.17) is 4.74 Å².